The number of hydrogen-bond donors (Lipinski definition) is 1. The van der Waals surface area contributed by atoms with E-state index in [4.69, 9.17) is 0 Å². The first kappa shape index (κ1) is 17.4. The van der Waals surface area contributed by atoms with Crippen LogP contribution in [0.4, 0.5) is 4.39 Å². The lowest BCUT2D eigenvalue weighted by atomic mass is 9.78. The van der Waals surface area contributed by atoms with Gasteiger partial charge in [0.2, 0.25) is 5.91 Å². The van der Waals surface area contributed by atoms with Crippen molar-refractivity contribution in [1.82, 2.24) is 15.1 Å². The highest BCUT2D eigenvalue weighted by Crippen LogP contribution is 2.33. The van der Waals surface area contributed by atoms with Gasteiger partial charge in [0.05, 0.1) is 6.54 Å². The first-order chi connectivity index (χ1) is 11.5. The average Bonchev–Trinajstić information content (AvgIpc) is 2.55. The maximum atomic E-state index is 13.8. The summed E-state index contributed by atoms with van der Waals surface area (Å²) in [5.41, 5.74) is 0.687. The molecule has 5 heteroatoms. The summed E-state index contributed by atoms with van der Waals surface area (Å²) in [5, 5.41) is 3.63. The normalized spacial score (nSPS) is 27.2. The van der Waals surface area contributed by atoms with Gasteiger partial charge in [-0.05, 0) is 52.3 Å². The van der Waals surface area contributed by atoms with Crippen molar-refractivity contribution in [3.8, 4) is 0 Å². The number of carbonyl (C=O) groups is 1. The van der Waals surface area contributed by atoms with Crippen LogP contribution in [0, 0.1) is 5.82 Å². The number of likely N-dealkylation sites (tertiary alicyclic amines) is 1. The van der Waals surface area contributed by atoms with Crippen LogP contribution in [0.3, 0.4) is 0 Å². The number of halogens is 1. The van der Waals surface area contributed by atoms with Gasteiger partial charge >= 0.3 is 0 Å². The lowest BCUT2D eigenvalue weighted by Crippen LogP contribution is -2.66. The Labute approximate surface area is 144 Å². The molecular formula is C19H28FN3O. The first-order valence-corrected chi connectivity index (χ1v) is 8.96. The van der Waals surface area contributed by atoms with E-state index in [1.54, 1.807) is 12.1 Å². The van der Waals surface area contributed by atoms with E-state index in [2.05, 4.69) is 17.1 Å². The standard InChI is InChI=1S/C19H28FN3O/c1-19-10-6-12-23(17(19)9-5-11-21-19)18(24)14-22(2)13-15-7-3-4-8-16(15)20/h3-4,7-8,17,21H,5-6,9-14H2,1-2H3/t17-,19+/m1/s1. The lowest BCUT2D eigenvalue weighted by Gasteiger charge is -2.51. The number of nitrogens with one attached hydrogen (secondary N) is 1. The molecule has 1 aromatic carbocycles. The van der Waals surface area contributed by atoms with Crippen molar-refractivity contribution in [2.75, 3.05) is 26.7 Å². The molecule has 2 atom stereocenters. The average molecular weight is 333 g/mol. The van der Waals surface area contributed by atoms with Crippen LogP contribution in [-0.4, -0.2) is 54.0 Å². The molecule has 0 radical (unpaired) electrons. The van der Waals surface area contributed by atoms with Crippen LogP contribution in [0.15, 0.2) is 24.3 Å². The number of fused-ring (bicyclic) bond motifs is 1. The summed E-state index contributed by atoms with van der Waals surface area (Å²) in [6, 6.07) is 7.05. The SMILES string of the molecule is CN(CC(=O)N1CCC[C@]2(C)NCCC[C@@H]12)Cc1ccccc1F. The van der Waals surface area contributed by atoms with Crippen molar-refractivity contribution in [1.29, 1.82) is 0 Å². The molecule has 2 heterocycles. The van der Waals surface area contributed by atoms with E-state index in [1.807, 2.05) is 18.0 Å². The van der Waals surface area contributed by atoms with Gasteiger partial charge in [0.1, 0.15) is 5.82 Å². The van der Waals surface area contributed by atoms with Gasteiger partial charge in [-0.1, -0.05) is 18.2 Å². The van der Waals surface area contributed by atoms with Crippen LogP contribution in [-0.2, 0) is 11.3 Å². The zero-order chi connectivity index (χ0) is 17.2. The molecule has 2 saturated heterocycles. The van der Waals surface area contributed by atoms with Crippen molar-refractivity contribution in [3.05, 3.63) is 35.6 Å². The summed E-state index contributed by atoms with van der Waals surface area (Å²) in [6.07, 6.45) is 4.37. The molecule has 2 aliphatic rings. The molecule has 0 bridgehead atoms. The quantitative estimate of drug-likeness (QED) is 0.919. The molecule has 24 heavy (non-hydrogen) atoms. The van der Waals surface area contributed by atoms with E-state index in [9.17, 15) is 9.18 Å². The lowest BCUT2D eigenvalue weighted by molar-refractivity contribution is -0.139. The Morgan fingerprint density at radius 2 is 2.21 bits per heavy atom. The van der Waals surface area contributed by atoms with Crippen LogP contribution in [0.25, 0.3) is 0 Å². The fraction of sp³-hybridized carbons (Fsp3) is 0.632. The Morgan fingerprint density at radius 1 is 1.42 bits per heavy atom. The Hall–Kier alpha value is -1.46. The summed E-state index contributed by atoms with van der Waals surface area (Å²) in [7, 11) is 1.88. The highest BCUT2D eigenvalue weighted by molar-refractivity contribution is 5.79. The third kappa shape index (κ3) is 3.62. The minimum atomic E-state index is -0.209. The molecule has 2 fully saturated rings. The summed E-state index contributed by atoms with van der Waals surface area (Å²) in [5.74, 6) is -0.0488. The predicted molar refractivity (Wildman–Crippen MR) is 93.1 cm³/mol. The largest absolute Gasteiger partial charge is 0.337 e. The fourth-order valence-corrected chi connectivity index (χ4v) is 4.23. The molecule has 1 amide bonds. The van der Waals surface area contributed by atoms with E-state index in [0.29, 0.717) is 18.7 Å². The number of nitrogens with zero attached hydrogens (tertiary/aromatic N) is 2. The van der Waals surface area contributed by atoms with Gasteiger partial charge in [0.15, 0.2) is 0 Å². The van der Waals surface area contributed by atoms with Crippen LogP contribution in [0.1, 0.15) is 38.2 Å². The van der Waals surface area contributed by atoms with Crippen molar-refractivity contribution in [2.24, 2.45) is 0 Å². The molecule has 1 aromatic rings. The molecule has 0 saturated carbocycles. The smallest absolute Gasteiger partial charge is 0.237 e. The molecule has 1 N–H and O–H groups in total. The minimum absolute atomic E-state index is 0.0519. The molecule has 132 valence electrons. The summed E-state index contributed by atoms with van der Waals surface area (Å²) in [6.45, 7) is 4.92. The van der Waals surface area contributed by atoms with Crippen LogP contribution in [0.2, 0.25) is 0 Å². The molecule has 4 nitrogen and oxygen atoms in total. The second-order valence-electron chi connectivity index (χ2n) is 7.46. The van der Waals surface area contributed by atoms with Crippen LogP contribution >= 0.6 is 0 Å². The Morgan fingerprint density at radius 3 is 3.00 bits per heavy atom. The van der Waals surface area contributed by atoms with Gasteiger partial charge < -0.3 is 10.2 Å². The number of piperidine rings is 2. The van der Waals surface area contributed by atoms with Gasteiger partial charge in [0.25, 0.3) is 0 Å². The van der Waals surface area contributed by atoms with Gasteiger partial charge in [0, 0.05) is 30.2 Å². The van der Waals surface area contributed by atoms with E-state index in [-0.39, 0.29) is 23.3 Å². The number of likely N-dealkylation sites (N-methyl/N-ethyl adjacent to an activating group) is 1. The Bertz CT molecular complexity index is 590. The van der Waals surface area contributed by atoms with E-state index < -0.39 is 0 Å². The monoisotopic (exact) mass is 333 g/mol. The van der Waals surface area contributed by atoms with Gasteiger partial charge in [-0.3, -0.25) is 9.69 Å². The number of carbonyl (C=O) groups excluding carboxylic acids is 1. The number of rotatable bonds is 4. The van der Waals surface area contributed by atoms with Gasteiger partial charge in [-0.15, -0.1) is 0 Å². The molecule has 3 rings (SSSR count). The van der Waals surface area contributed by atoms with E-state index in [0.717, 1.165) is 38.8 Å². The topological polar surface area (TPSA) is 35.6 Å². The summed E-state index contributed by atoms with van der Waals surface area (Å²) >= 11 is 0. The van der Waals surface area contributed by atoms with Gasteiger partial charge in [-0.2, -0.15) is 0 Å². The molecule has 0 aromatic heterocycles. The molecular weight excluding hydrogens is 305 g/mol. The Kier molecular flexibility index (Phi) is 5.21. The maximum absolute atomic E-state index is 13.8. The summed E-state index contributed by atoms with van der Waals surface area (Å²) in [4.78, 5) is 16.8. The maximum Gasteiger partial charge on any atom is 0.237 e. The zero-order valence-corrected chi connectivity index (χ0v) is 14.7. The van der Waals surface area contributed by atoms with Crippen molar-refractivity contribution < 1.29 is 9.18 Å². The number of hydrogen-bond acceptors (Lipinski definition) is 3. The summed E-state index contributed by atoms with van der Waals surface area (Å²) < 4.78 is 13.8. The molecule has 0 aliphatic carbocycles. The highest BCUT2D eigenvalue weighted by Gasteiger charge is 2.43. The highest BCUT2D eigenvalue weighted by atomic mass is 19.1. The number of amides is 1. The zero-order valence-electron chi connectivity index (χ0n) is 14.7. The van der Waals surface area contributed by atoms with Crippen LogP contribution in [0.5, 0.6) is 0 Å². The minimum Gasteiger partial charge on any atom is -0.337 e. The van der Waals surface area contributed by atoms with Crippen LogP contribution < -0.4 is 5.32 Å². The number of benzene rings is 1. The second-order valence-corrected chi connectivity index (χ2v) is 7.46. The second kappa shape index (κ2) is 7.19. The Balaban J connectivity index is 1.62. The fourth-order valence-electron chi connectivity index (χ4n) is 4.23. The molecule has 2 aliphatic heterocycles. The van der Waals surface area contributed by atoms with Crippen molar-refractivity contribution in [2.45, 2.75) is 50.7 Å². The van der Waals surface area contributed by atoms with Gasteiger partial charge in [-0.25, -0.2) is 4.39 Å². The van der Waals surface area contributed by atoms with Crippen molar-refractivity contribution >= 4 is 5.91 Å². The third-order valence-corrected chi connectivity index (χ3v) is 5.51. The third-order valence-electron chi connectivity index (χ3n) is 5.51. The first-order valence-electron chi connectivity index (χ1n) is 8.96. The molecule has 0 unspecified atom stereocenters. The van der Waals surface area contributed by atoms with E-state index >= 15 is 0 Å². The predicted octanol–water partition coefficient (Wildman–Crippen LogP) is 2.39. The molecule has 0 spiro atoms. The van der Waals surface area contributed by atoms with Crippen molar-refractivity contribution in [3.63, 3.8) is 0 Å². The van der Waals surface area contributed by atoms with E-state index in [1.165, 1.54) is 6.07 Å².